The number of hydrogen-bond donors (Lipinski definition) is 2. The Morgan fingerprint density at radius 3 is 2.76 bits per heavy atom. The minimum absolute atomic E-state index is 0.00545. The third-order valence-electron chi connectivity index (χ3n) is 3.23. The summed E-state index contributed by atoms with van der Waals surface area (Å²) in [6, 6.07) is 3.19. The van der Waals surface area contributed by atoms with E-state index in [1.807, 2.05) is 0 Å². The van der Waals surface area contributed by atoms with Crippen LogP contribution in [0.5, 0.6) is 11.5 Å². The van der Waals surface area contributed by atoms with Gasteiger partial charge in [-0.1, -0.05) is 0 Å². The molecule has 1 aromatic carbocycles. The summed E-state index contributed by atoms with van der Waals surface area (Å²) in [7, 11) is 2.77. The molecule has 3 rings (SSSR count). The lowest BCUT2D eigenvalue weighted by atomic mass is 10.1. The third kappa shape index (κ3) is 1.93. The Morgan fingerprint density at radius 2 is 2.10 bits per heavy atom. The Kier molecular flexibility index (Phi) is 3.06. The maximum absolute atomic E-state index is 11.7. The summed E-state index contributed by atoms with van der Waals surface area (Å²) in [4.78, 5) is 16.4. The molecule has 0 saturated heterocycles. The largest absolute Gasteiger partial charge is 0.504 e. The van der Waals surface area contributed by atoms with Crippen LogP contribution in [0.1, 0.15) is 9.67 Å². The van der Waals surface area contributed by atoms with Gasteiger partial charge in [0.25, 0.3) is 0 Å². The number of benzene rings is 1. The van der Waals surface area contributed by atoms with Crippen LogP contribution in [0.2, 0.25) is 0 Å². The quantitative estimate of drug-likeness (QED) is 0.706. The number of fused-ring (bicyclic) bond motifs is 3. The number of carbonyl (C=O) groups is 1. The summed E-state index contributed by atoms with van der Waals surface area (Å²) >= 11 is 1.22. The molecule has 0 unspecified atom stereocenters. The van der Waals surface area contributed by atoms with E-state index in [1.165, 1.54) is 25.6 Å². The zero-order chi connectivity index (χ0) is 15.1. The molecule has 0 atom stereocenters. The van der Waals surface area contributed by atoms with Crippen LogP contribution in [0.15, 0.2) is 18.3 Å². The van der Waals surface area contributed by atoms with Crippen LogP contribution in [0, 0.1) is 0 Å². The van der Waals surface area contributed by atoms with Crippen molar-refractivity contribution in [2.45, 2.75) is 0 Å². The smallest absolute Gasteiger partial charge is 0.350 e. The van der Waals surface area contributed by atoms with Gasteiger partial charge in [-0.2, -0.15) is 0 Å². The van der Waals surface area contributed by atoms with Gasteiger partial charge in [0.15, 0.2) is 11.5 Å². The molecule has 2 aromatic heterocycles. The molecule has 0 saturated carbocycles. The number of anilines is 1. The van der Waals surface area contributed by atoms with Crippen molar-refractivity contribution in [1.29, 1.82) is 0 Å². The van der Waals surface area contributed by atoms with Crippen molar-refractivity contribution < 1.29 is 19.4 Å². The van der Waals surface area contributed by atoms with Crippen LogP contribution in [-0.2, 0) is 4.74 Å². The van der Waals surface area contributed by atoms with Gasteiger partial charge >= 0.3 is 5.97 Å². The van der Waals surface area contributed by atoms with Crippen LogP contribution < -0.4 is 10.5 Å². The molecular weight excluding hydrogens is 292 g/mol. The van der Waals surface area contributed by atoms with E-state index in [4.69, 9.17) is 15.2 Å². The number of nitrogen functional groups attached to an aromatic ring is 1. The maximum Gasteiger partial charge on any atom is 0.350 e. The Bertz CT molecular complexity index is 872. The molecule has 0 radical (unpaired) electrons. The van der Waals surface area contributed by atoms with Gasteiger partial charge in [0.05, 0.1) is 25.4 Å². The summed E-state index contributed by atoms with van der Waals surface area (Å²) in [5.41, 5.74) is 6.97. The lowest BCUT2D eigenvalue weighted by Gasteiger charge is -2.05. The lowest BCUT2D eigenvalue weighted by Crippen LogP contribution is -2.01. The fourth-order valence-corrected chi connectivity index (χ4v) is 3.31. The third-order valence-corrected chi connectivity index (χ3v) is 4.46. The van der Waals surface area contributed by atoms with Gasteiger partial charge in [-0.25, -0.2) is 4.79 Å². The highest BCUT2D eigenvalue weighted by atomic mass is 32.1. The molecule has 0 aliphatic heterocycles. The fourth-order valence-electron chi connectivity index (χ4n) is 2.17. The minimum atomic E-state index is -0.486. The number of phenols is 1. The van der Waals surface area contributed by atoms with Gasteiger partial charge in [-0.3, -0.25) is 4.98 Å². The van der Waals surface area contributed by atoms with Crippen LogP contribution in [-0.4, -0.2) is 30.3 Å². The Balaban J connectivity index is 2.38. The number of ether oxygens (including phenoxy) is 2. The molecule has 3 N–H and O–H groups in total. The topological polar surface area (TPSA) is 94.7 Å². The number of pyridine rings is 1. The highest BCUT2D eigenvalue weighted by molar-refractivity contribution is 7.22. The Morgan fingerprint density at radius 1 is 1.33 bits per heavy atom. The summed E-state index contributed by atoms with van der Waals surface area (Å²) in [6.07, 6.45) is 1.60. The summed E-state index contributed by atoms with van der Waals surface area (Å²) in [5.74, 6) is -0.141. The van der Waals surface area contributed by atoms with Gasteiger partial charge in [-0.15, -0.1) is 11.3 Å². The maximum atomic E-state index is 11.7. The highest BCUT2D eigenvalue weighted by Gasteiger charge is 2.19. The molecule has 6 nitrogen and oxygen atoms in total. The molecule has 0 aliphatic rings. The molecule has 108 valence electrons. The van der Waals surface area contributed by atoms with E-state index in [9.17, 15) is 9.90 Å². The van der Waals surface area contributed by atoms with Crippen molar-refractivity contribution in [3.63, 3.8) is 0 Å². The van der Waals surface area contributed by atoms with E-state index in [2.05, 4.69) is 4.98 Å². The van der Waals surface area contributed by atoms with Crippen LogP contribution in [0.25, 0.3) is 21.0 Å². The van der Waals surface area contributed by atoms with Crippen molar-refractivity contribution >= 4 is 44.0 Å². The first kappa shape index (κ1) is 13.4. The molecule has 0 aliphatic carbocycles. The van der Waals surface area contributed by atoms with Gasteiger partial charge in [0.1, 0.15) is 4.88 Å². The van der Waals surface area contributed by atoms with Gasteiger partial charge in [0, 0.05) is 27.7 Å². The Labute approximate surface area is 123 Å². The molecule has 7 heteroatoms. The monoisotopic (exact) mass is 304 g/mol. The molecule has 3 aromatic rings. The number of rotatable bonds is 2. The number of phenolic OH excluding ortho intramolecular Hbond substituents is 1. The van der Waals surface area contributed by atoms with Crippen molar-refractivity contribution in [2.24, 2.45) is 0 Å². The molecule has 0 bridgehead atoms. The van der Waals surface area contributed by atoms with Gasteiger partial charge < -0.3 is 20.3 Å². The summed E-state index contributed by atoms with van der Waals surface area (Å²) in [5, 5.41) is 11.3. The second-order valence-corrected chi connectivity index (χ2v) is 5.40. The number of aromatic hydroxyl groups is 1. The summed E-state index contributed by atoms with van der Waals surface area (Å²) < 4.78 is 10.6. The molecular formula is C14H12N2O4S. The lowest BCUT2D eigenvalue weighted by molar-refractivity contribution is 0.0607. The molecule has 0 amide bonds. The standard InChI is InChI=1S/C14H12N2O4S/c1-19-10-4-8-6(3-9(10)17)12-7(5-16-8)11(15)13(21-12)14(18)20-2/h3-5,17H,15H2,1-2H3. The fraction of sp³-hybridized carbons (Fsp3) is 0.143. The number of aromatic nitrogens is 1. The van der Waals surface area contributed by atoms with Crippen molar-refractivity contribution in [3.8, 4) is 11.5 Å². The highest BCUT2D eigenvalue weighted by Crippen LogP contribution is 2.40. The van der Waals surface area contributed by atoms with Crippen molar-refractivity contribution in [2.75, 3.05) is 20.0 Å². The van der Waals surface area contributed by atoms with E-state index in [0.717, 1.165) is 4.70 Å². The summed E-state index contributed by atoms with van der Waals surface area (Å²) in [6.45, 7) is 0. The number of nitrogens with two attached hydrogens (primary N) is 1. The number of nitrogens with zero attached hydrogens (tertiary/aromatic N) is 1. The first-order chi connectivity index (χ1) is 10.1. The SMILES string of the molecule is COC(=O)c1sc2c(cnc3cc(OC)c(O)cc32)c1N. The number of esters is 1. The predicted octanol–water partition coefficient (Wildman–Crippen LogP) is 2.53. The molecule has 0 spiro atoms. The van der Waals surface area contributed by atoms with Gasteiger partial charge in [-0.05, 0) is 6.07 Å². The van der Waals surface area contributed by atoms with Crippen molar-refractivity contribution in [1.82, 2.24) is 4.98 Å². The molecule has 21 heavy (non-hydrogen) atoms. The number of thiophene rings is 1. The van der Waals surface area contributed by atoms with E-state index in [0.29, 0.717) is 32.6 Å². The van der Waals surface area contributed by atoms with Crippen LogP contribution >= 0.6 is 11.3 Å². The Hall–Kier alpha value is -2.54. The number of methoxy groups -OCH3 is 2. The normalized spacial score (nSPS) is 11.0. The molecule has 2 heterocycles. The molecule has 0 fully saturated rings. The van der Waals surface area contributed by atoms with Gasteiger partial charge in [0.2, 0.25) is 0 Å². The van der Waals surface area contributed by atoms with E-state index in [1.54, 1.807) is 18.3 Å². The number of carbonyl (C=O) groups excluding carboxylic acids is 1. The van der Waals surface area contributed by atoms with Crippen LogP contribution in [0.3, 0.4) is 0 Å². The minimum Gasteiger partial charge on any atom is -0.504 e. The van der Waals surface area contributed by atoms with E-state index in [-0.39, 0.29) is 5.75 Å². The zero-order valence-corrected chi connectivity index (χ0v) is 12.2. The van der Waals surface area contributed by atoms with E-state index >= 15 is 0 Å². The average Bonchev–Trinajstić information content (AvgIpc) is 2.83. The second-order valence-electron chi connectivity index (χ2n) is 4.38. The van der Waals surface area contributed by atoms with E-state index < -0.39 is 5.97 Å². The number of hydrogen-bond acceptors (Lipinski definition) is 7. The first-order valence-corrected chi connectivity index (χ1v) is 6.84. The van der Waals surface area contributed by atoms with Crippen LogP contribution in [0.4, 0.5) is 5.69 Å². The predicted molar refractivity (Wildman–Crippen MR) is 81.1 cm³/mol. The second kappa shape index (κ2) is 4.78. The van der Waals surface area contributed by atoms with Crippen molar-refractivity contribution in [3.05, 3.63) is 23.2 Å². The average molecular weight is 304 g/mol. The first-order valence-electron chi connectivity index (χ1n) is 6.02. The zero-order valence-electron chi connectivity index (χ0n) is 11.3.